The Hall–Kier alpha value is -2.58. The van der Waals surface area contributed by atoms with E-state index >= 15 is 0 Å². The van der Waals surface area contributed by atoms with Crippen molar-refractivity contribution in [3.63, 3.8) is 0 Å². The lowest BCUT2D eigenvalue weighted by atomic mass is 10.0. The minimum Gasteiger partial charge on any atom is -0.495 e. The molecular weight excluding hydrogens is 414 g/mol. The number of rotatable bonds is 7. The second-order valence-corrected chi connectivity index (χ2v) is 9.95. The molecule has 0 unspecified atom stereocenters. The highest BCUT2D eigenvalue weighted by molar-refractivity contribution is 7.92. The lowest BCUT2D eigenvalue weighted by molar-refractivity contribution is 0.0909. The fraction of sp³-hybridized carbons (Fsp3) is 0.435. The highest BCUT2D eigenvalue weighted by atomic mass is 32.2. The van der Waals surface area contributed by atoms with Crippen LogP contribution in [0, 0.1) is 6.92 Å². The first-order valence-electron chi connectivity index (χ1n) is 10.7. The minimum absolute atomic E-state index is 0.0783. The van der Waals surface area contributed by atoms with E-state index in [9.17, 15) is 13.2 Å². The van der Waals surface area contributed by atoms with Crippen LogP contribution in [0.3, 0.4) is 0 Å². The van der Waals surface area contributed by atoms with Gasteiger partial charge in [0.1, 0.15) is 5.75 Å². The summed E-state index contributed by atoms with van der Waals surface area (Å²) >= 11 is 0. The summed E-state index contributed by atoms with van der Waals surface area (Å²) in [6.45, 7) is 3.73. The Balaban J connectivity index is 1.47. The fourth-order valence-corrected chi connectivity index (χ4v) is 5.42. The van der Waals surface area contributed by atoms with Gasteiger partial charge in [0.2, 0.25) is 0 Å². The van der Waals surface area contributed by atoms with Crippen molar-refractivity contribution >= 4 is 21.6 Å². The number of amides is 1. The fourth-order valence-electron chi connectivity index (χ4n) is 4.08. The summed E-state index contributed by atoms with van der Waals surface area (Å²) < 4.78 is 33.9. The average molecular weight is 444 g/mol. The maximum absolute atomic E-state index is 13.1. The molecule has 0 radical (unpaired) electrons. The molecule has 31 heavy (non-hydrogen) atoms. The van der Waals surface area contributed by atoms with Crippen molar-refractivity contribution in [2.45, 2.75) is 49.6 Å². The molecule has 1 aliphatic heterocycles. The number of anilines is 1. The molecule has 2 aromatic rings. The SMILES string of the molecule is COc1ccccc1NS(=O)(=O)c1cc(C(=O)NC2CCN(C3CC3)CC2)ccc1C. The maximum atomic E-state index is 13.1. The number of ether oxygens (including phenoxy) is 1. The van der Waals surface area contributed by atoms with Crippen molar-refractivity contribution in [1.82, 2.24) is 10.2 Å². The molecule has 1 saturated carbocycles. The number of hydrogen-bond acceptors (Lipinski definition) is 5. The van der Waals surface area contributed by atoms with Crippen molar-refractivity contribution in [2.24, 2.45) is 0 Å². The summed E-state index contributed by atoms with van der Waals surface area (Å²) in [7, 11) is -2.41. The largest absolute Gasteiger partial charge is 0.495 e. The predicted molar refractivity (Wildman–Crippen MR) is 120 cm³/mol. The maximum Gasteiger partial charge on any atom is 0.262 e. The molecule has 8 heteroatoms. The zero-order valence-electron chi connectivity index (χ0n) is 17.9. The lowest BCUT2D eigenvalue weighted by Gasteiger charge is -2.32. The number of likely N-dealkylation sites (tertiary alicyclic amines) is 1. The molecule has 2 aliphatic rings. The van der Waals surface area contributed by atoms with Crippen LogP contribution in [0.4, 0.5) is 5.69 Å². The molecule has 2 fully saturated rings. The Bertz CT molecular complexity index is 1060. The van der Waals surface area contributed by atoms with Gasteiger partial charge < -0.3 is 15.0 Å². The number of carbonyl (C=O) groups excluding carboxylic acids is 1. The van der Waals surface area contributed by atoms with Gasteiger partial charge in [0.15, 0.2) is 0 Å². The standard InChI is InChI=1S/C23H29N3O4S/c1-16-7-8-17(23(27)24-18-11-13-26(14-12-18)19-9-10-19)15-22(16)31(28,29)25-20-5-3-4-6-21(20)30-2/h3-8,15,18-19,25H,9-14H2,1-2H3,(H,24,27). The van der Waals surface area contributed by atoms with Crippen LogP contribution in [0.2, 0.25) is 0 Å². The molecule has 2 N–H and O–H groups in total. The highest BCUT2D eigenvalue weighted by Gasteiger charge is 2.32. The van der Waals surface area contributed by atoms with E-state index in [0.29, 0.717) is 22.6 Å². The molecule has 1 aliphatic carbocycles. The van der Waals surface area contributed by atoms with Gasteiger partial charge in [0, 0.05) is 30.7 Å². The van der Waals surface area contributed by atoms with E-state index in [4.69, 9.17) is 4.74 Å². The molecule has 2 aromatic carbocycles. The van der Waals surface area contributed by atoms with Crippen LogP contribution in [0.15, 0.2) is 47.4 Å². The van der Waals surface area contributed by atoms with Gasteiger partial charge in [-0.25, -0.2) is 8.42 Å². The third-order valence-corrected chi connectivity index (χ3v) is 7.53. The monoisotopic (exact) mass is 443 g/mol. The van der Waals surface area contributed by atoms with Crippen LogP contribution < -0.4 is 14.8 Å². The molecule has 0 bridgehead atoms. The first-order chi connectivity index (χ1) is 14.9. The number of methoxy groups -OCH3 is 1. The summed E-state index contributed by atoms with van der Waals surface area (Å²) in [6, 6.07) is 12.5. The van der Waals surface area contributed by atoms with Gasteiger partial charge >= 0.3 is 0 Å². The van der Waals surface area contributed by atoms with Crippen molar-refractivity contribution in [1.29, 1.82) is 0 Å². The number of carbonyl (C=O) groups is 1. The predicted octanol–water partition coefficient (Wildman–Crippen LogP) is 3.16. The Morgan fingerprint density at radius 2 is 1.77 bits per heavy atom. The summed E-state index contributed by atoms with van der Waals surface area (Å²) in [6.07, 6.45) is 4.43. The number of piperidine rings is 1. The van der Waals surface area contributed by atoms with E-state index < -0.39 is 10.0 Å². The van der Waals surface area contributed by atoms with Crippen LogP contribution >= 0.6 is 0 Å². The Kier molecular flexibility index (Phi) is 6.20. The zero-order valence-corrected chi connectivity index (χ0v) is 18.7. The third kappa shape index (κ3) is 5.02. The van der Waals surface area contributed by atoms with Crippen molar-refractivity contribution in [2.75, 3.05) is 24.9 Å². The molecule has 166 valence electrons. The van der Waals surface area contributed by atoms with Crippen LogP contribution in [0.5, 0.6) is 5.75 Å². The van der Waals surface area contributed by atoms with Crippen LogP contribution in [-0.4, -0.2) is 51.5 Å². The highest BCUT2D eigenvalue weighted by Crippen LogP contribution is 2.30. The van der Waals surface area contributed by atoms with Crippen LogP contribution in [0.25, 0.3) is 0 Å². The van der Waals surface area contributed by atoms with E-state index in [1.54, 1.807) is 43.3 Å². The van der Waals surface area contributed by atoms with Gasteiger partial charge in [-0.05, 0) is 62.4 Å². The molecule has 4 rings (SSSR count). The van der Waals surface area contributed by atoms with Gasteiger partial charge in [0.25, 0.3) is 15.9 Å². The summed E-state index contributed by atoms with van der Waals surface area (Å²) in [5, 5.41) is 3.08. The molecule has 1 heterocycles. The second-order valence-electron chi connectivity index (χ2n) is 8.30. The first kappa shape index (κ1) is 21.6. The summed E-state index contributed by atoms with van der Waals surface area (Å²) in [5.74, 6) is 0.189. The topological polar surface area (TPSA) is 87.7 Å². The van der Waals surface area contributed by atoms with E-state index in [0.717, 1.165) is 32.0 Å². The van der Waals surface area contributed by atoms with E-state index in [1.807, 2.05) is 0 Å². The van der Waals surface area contributed by atoms with Crippen LogP contribution in [0.1, 0.15) is 41.6 Å². The molecule has 0 aromatic heterocycles. The average Bonchev–Trinajstić information content (AvgIpc) is 3.60. The number of aryl methyl sites for hydroxylation is 1. The van der Waals surface area contributed by atoms with Crippen LogP contribution in [-0.2, 0) is 10.0 Å². The smallest absolute Gasteiger partial charge is 0.262 e. The molecule has 1 saturated heterocycles. The molecular formula is C23H29N3O4S. The lowest BCUT2D eigenvalue weighted by Crippen LogP contribution is -2.45. The first-order valence-corrected chi connectivity index (χ1v) is 12.2. The summed E-state index contributed by atoms with van der Waals surface area (Å²) in [4.78, 5) is 15.4. The third-order valence-electron chi connectivity index (χ3n) is 6.02. The molecule has 0 atom stereocenters. The minimum atomic E-state index is -3.89. The normalized spacial score (nSPS) is 17.9. The Labute approximate surface area is 183 Å². The van der Waals surface area contributed by atoms with Gasteiger partial charge in [-0.1, -0.05) is 18.2 Å². The summed E-state index contributed by atoms with van der Waals surface area (Å²) in [5.41, 5.74) is 1.26. The van der Waals surface area contributed by atoms with Crippen molar-refractivity contribution < 1.29 is 17.9 Å². The number of nitrogens with one attached hydrogen (secondary N) is 2. The Morgan fingerprint density at radius 1 is 1.06 bits per heavy atom. The second kappa shape index (κ2) is 8.88. The number of nitrogens with zero attached hydrogens (tertiary/aromatic N) is 1. The Morgan fingerprint density at radius 3 is 2.45 bits per heavy atom. The van der Waals surface area contributed by atoms with E-state index in [1.165, 1.54) is 26.0 Å². The molecule has 7 nitrogen and oxygen atoms in total. The van der Waals surface area contributed by atoms with E-state index in [-0.39, 0.29) is 16.8 Å². The number of hydrogen-bond donors (Lipinski definition) is 2. The number of benzene rings is 2. The van der Waals surface area contributed by atoms with E-state index in [2.05, 4.69) is 14.9 Å². The van der Waals surface area contributed by atoms with Crippen molar-refractivity contribution in [3.8, 4) is 5.75 Å². The van der Waals surface area contributed by atoms with Gasteiger partial charge in [0.05, 0.1) is 17.7 Å². The number of para-hydroxylation sites is 2. The van der Waals surface area contributed by atoms with Gasteiger partial charge in [-0.3, -0.25) is 9.52 Å². The van der Waals surface area contributed by atoms with Crippen molar-refractivity contribution in [3.05, 3.63) is 53.6 Å². The number of sulfonamides is 1. The molecule has 1 amide bonds. The quantitative estimate of drug-likeness (QED) is 0.686. The van der Waals surface area contributed by atoms with Gasteiger partial charge in [-0.2, -0.15) is 0 Å². The zero-order chi connectivity index (χ0) is 22.0. The molecule has 0 spiro atoms. The van der Waals surface area contributed by atoms with Gasteiger partial charge in [-0.15, -0.1) is 0 Å².